The molecule has 0 aromatic heterocycles. The number of halogens is 1. The molecule has 0 fully saturated rings. The number of rotatable bonds is 4. The van der Waals surface area contributed by atoms with Crippen molar-refractivity contribution in [1.82, 2.24) is 0 Å². The van der Waals surface area contributed by atoms with Crippen LogP contribution >= 0.6 is 11.6 Å². The Balaban J connectivity index is 3.10. The van der Waals surface area contributed by atoms with E-state index in [0.717, 1.165) is 0 Å². The van der Waals surface area contributed by atoms with Gasteiger partial charge in [0.1, 0.15) is 11.8 Å². The third-order valence-electron chi connectivity index (χ3n) is 2.46. The minimum atomic E-state index is -0.899. The van der Waals surface area contributed by atoms with E-state index in [4.69, 9.17) is 21.4 Å². The molecular formula is C11H14ClNO3. The molecule has 0 radical (unpaired) electrons. The summed E-state index contributed by atoms with van der Waals surface area (Å²) in [6.07, 6.45) is 0. The fraction of sp³-hybridized carbons (Fsp3) is 0.364. The molecule has 1 aromatic carbocycles. The number of anilines is 1. The summed E-state index contributed by atoms with van der Waals surface area (Å²) in [7, 11) is 3.22. The second-order valence-corrected chi connectivity index (χ2v) is 3.88. The first-order valence-electron chi connectivity index (χ1n) is 4.76. The smallest absolute Gasteiger partial charge is 0.326 e. The van der Waals surface area contributed by atoms with Gasteiger partial charge in [0.05, 0.1) is 12.8 Å². The maximum Gasteiger partial charge on any atom is 0.326 e. The van der Waals surface area contributed by atoms with Crippen LogP contribution < -0.4 is 9.64 Å². The Morgan fingerprint density at radius 2 is 2.19 bits per heavy atom. The van der Waals surface area contributed by atoms with Gasteiger partial charge in [-0.2, -0.15) is 0 Å². The average molecular weight is 244 g/mol. The summed E-state index contributed by atoms with van der Waals surface area (Å²) in [6, 6.07) is 4.44. The molecule has 0 aliphatic carbocycles. The van der Waals surface area contributed by atoms with Gasteiger partial charge in [0.15, 0.2) is 0 Å². The molecule has 0 aliphatic heterocycles. The highest BCUT2D eigenvalue weighted by atomic mass is 35.5. The Kier molecular flexibility index (Phi) is 4.01. The Bertz CT molecular complexity index is 395. The Hall–Kier alpha value is -1.42. The highest BCUT2D eigenvalue weighted by Crippen LogP contribution is 2.31. The lowest BCUT2D eigenvalue weighted by Gasteiger charge is -2.25. The summed E-state index contributed by atoms with van der Waals surface area (Å²) >= 11 is 5.87. The highest BCUT2D eigenvalue weighted by Gasteiger charge is 2.20. The summed E-state index contributed by atoms with van der Waals surface area (Å²) in [5.74, 6) is -0.301. The first kappa shape index (κ1) is 12.6. The molecule has 1 rings (SSSR count). The Morgan fingerprint density at radius 1 is 1.56 bits per heavy atom. The molecular weight excluding hydrogens is 230 g/mol. The predicted octanol–water partition coefficient (Wildman–Crippen LogP) is 2.26. The molecule has 5 heteroatoms. The number of nitrogens with zero attached hydrogens (tertiary/aromatic N) is 1. The van der Waals surface area contributed by atoms with Gasteiger partial charge in [-0.1, -0.05) is 11.6 Å². The number of methoxy groups -OCH3 is 1. The quantitative estimate of drug-likeness (QED) is 0.881. The van der Waals surface area contributed by atoms with Gasteiger partial charge in [-0.05, 0) is 25.1 Å². The van der Waals surface area contributed by atoms with E-state index in [1.807, 2.05) is 0 Å². The number of benzene rings is 1. The van der Waals surface area contributed by atoms with Crippen molar-refractivity contribution in [3.05, 3.63) is 23.2 Å². The molecule has 1 aromatic rings. The van der Waals surface area contributed by atoms with Crippen LogP contribution in [0.4, 0.5) is 5.69 Å². The number of ether oxygens (including phenoxy) is 1. The average Bonchev–Trinajstić information content (AvgIpc) is 2.26. The van der Waals surface area contributed by atoms with Crippen LogP contribution in [0.15, 0.2) is 18.2 Å². The fourth-order valence-corrected chi connectivity index (χ4v) is 1.48. The van der Waals surface area contributed by atoms with Crippen molar-refractivity contribution in [2.45, 2.75) is 13.0 Å². The van der Waals surface area contributed by atoms with Gasteiger partial charge >= 0.3 is 5.97 Å². The van der Waals surface area contributed by atoms with Gasteiger partial charge in [-0.15, -0.1) is 0 Å². The van der Waals surface area contributed by atoms with Gasteiger partial charge in [-0.25, -0.2) is 4.79 Å². The molecule has 0 unspecified atom stereocenters. The largest absolute Gasteiger partial charge is 0.495 e. The van der Waals surface area contributed by atoms with E-state index in [-0.39, 0.29) is 0 Å². The van der Waals surface area contributed by atoms with Crippen LogP contribution in [0.2, 0.25) is 5.02 Å². The normalized spacial score (nSPS) is 12.0. The van der Waals surface area contributed by atoms with Gasteiger partial charge in [0.2, 0.25) is 0 Å². The molecule has 16 heavy (non-hydrogen) atoms. The van der Waals surface area contributed by atoms with Crippen LogP contribution in [0.1, 0.15) is 6.92 Å². The Labute approximate surface area is 99.4 Å². The van der Waals surface area contributed by atoms with Crippen LogP contribution in [0.25, 0.3) is 0 Å². The van der Waals surface area contributed by atoms with Crippen LogP contribution in [0.3, 0.4) is 0 Å². The molecule has 0 saturated heterocycles. The molecule has 88 valence electrons. The first-order chi connectivity index (χ1) is 7.47. The van der Waals surface area contributed by atoms with Crippen molar-refractivity contribution in [3.8, 4) is 5.75 Å². The molecule has 1 N–H and O–H groups in total. The van der Waals surface area contributed by atoms with Crippen molar-refractivity contribution in [3.63, 3.8) is 0 Å². The fourth-order valence-electron chi connectivity index (χ4n) is 1.31. The first-order valence-corrected chi connectivity index (χ1v) is 5.14. The molecule has 4 nitrogen and oxygen atoms in total. The van der Waals surface area contributed by atoms with Crippen molar-refractivity contribution >= 4 is 23.3 Å². The topological polar surface area (TPSA) is 49.8 Å². The van der Waals surface area contributed by atoms with Crippen molar-refractivity contribution in [2.24, 2.45) is 0 Å². The zero-order chi connectivity index (χ0) is 12.3. The number of hydrogen-bond acceptors (Lipinski definition) is 3. The maximum atomic E-state index is 10.9. The monoisotopic (exact) mass is 243 g/mol. The van der Waals surface area contributed by atoms with Gasteiger partial charge in [0, 0.05) is 12.1 Å². The van der Waals surface area contributed by atoms with Crippen molar-refractivity contribution < 1.29 is 14.6 Å². The second kappa shape index (κ2) is 5.07. The van der Waals surface area contributed by atoms with Gasteiger partial charge in [-0.3, -0.25) is 0 Å². The lowest BCUT2D eigenvalue weighted by atomic mass is 10.2. The summed E-state index contributed by atoms with van der Waals surface area (Å²) in [4.78, 5) is 12.5. The van der Waals surface area contributed by atoms with E-state index in [0.29, 0.717) is 16.5 Å². The lowest BCUT2D eigenvalue weighted by molar-refractivity contribution is -0.138. The zero-order valence-electron chi connectivity index (χ0n) is 9.40. The zero-order valence-corrected chi connectivity index (χ0v) is 10.2. The van der Waals surface area contributed by atoms with E-state index in [1.165, 1.54) is 7.11 Å². The highest BCUT2D eigenvalue weighted by molar-refractivity contribution is 6.31. The van der Waals surface area contributed by atoms with E-state index < -0.39 is 12.0 Å². The predicted molar refractivity (Wildman–Crippen MR) is 63.5 cm³/mol. The summed E-state index contributed by atoms with van der Waals surface area (Å²) in [6.45, 7) is 1.60. The third kappa shape index (κ3) is 2.58. The Morgan fingerprint density at radius 3 is 2.69 bits per heavy atom. The second-order valence-electron chi connectivity index (χ2n) is 3.44. The molecule has 0 amide bonds. The van der Waals surface area contributed by atoms with Gasteiger partial charge in [0.25, 0.3) is 0 Å². The molecule has 0 bridgehead atoms. The number of carboxylic acid groups (broad SMARTS) is 1. The van der Waals surface area contributed by atoms with E-state index in [1.54, 1.807) is 37.1 Å². The lowest BCUT2D eigenvalue weighted by Crippen LogP contribution is -2.35. The summed E-state index contributed by atoms with van der Waals surface area (Å²) < 4.78 is 5.16. The van der Waals surface area contributed by atoms with E-state index in [9.17, 15) is 4.79 Å². The SMILES string of the molecule is COc1ccc(Cl)cc1N(C)[C@@H](C)C(=O)O. The molecule has 0 saturated carbocycles. The summed E-state index contributed by atoms with van der Waals surface area (Å²) in [5.41, 5.74) is 0.657. The van der Waals surface area contributed by atoms with Crippen molar-refractivity contribution in [2.75, 3.05) is 19.1 Å². The number of carbonyl (C=O) groups is 1. The maximum absolute atomic E-state index is 10.9. The van der Waals surface area contributed by atoms with Crippen LogP contribution in [0, 0.1) is 0 Å². The minimum Gasteiger partial charge on any atom is -0.495 e. The van der Waals surface area contributed by atoms with Crippen LogP contribution in [-0.2, 0) is 4.79 Å². The molecule has 0 aliphatic rings. The number of carboxylic acids is 1. The van der Waals surface area contributed by atoms with E-state index >= 15 is 0 Å². The van der Waals surface area contributed by atoms with Crippen LogP contribution in [0.5, 0.6) is 5.75 Å². The van der Waals surface area contributed by atoms with Crippen LogP contribution in [-0.4, -0.2) is 31.3 Å². The number of likely N-dealkylation sites (N-methyl/N-ethyl adjacent to an activating group) is 1. The van der Waals surface area contributed by atoms with Gasteiger partial charge < -0.3 is 14.7 Å². The standard InChI is InChI=1S/C11H14ClNO3/c1-7(11(14)15)13(2)9-6-8(12)4-5-10(9)16-3/h4-7H,1-3H3,(H,14,15)/t7-/m0/s1. The molecule has 0 heterocycles. The molecule has 0 spiro atoms. The minimum absolute atomic E-state index is 0.542. The van der Waals surface area contributed by atoms with Crippen molar-refractivity contribution in [1.29, 1.82) is 0 Å². The third-order valence-corrected chi connectivity index (χ3v) is 2.69. The van der Waals surface area contributed by atoms with E-state index in [2.05, 4.69) is 0 Å². The number of hydrogen-bond donors (Lipinski definition) is 1. The summed E-state index contributed by atoms with van der Waals surface area (Å²) in [5, 5.41) is 9.47. The molecule has 1 atom stereocenters. The number of aliphatic carboxylic acids is 1.